The van der Waals surface area contributed by atoms with Gasteiger partial charge in [-0.25, -0.2) is 0 Å². The highest BCUT2D eigenvalue weighted by Gasteiger charge is 2.15. The summed E-state index contributed by atoms with van der Waals surface area (Å²) in [5.41, 5.74) is 2.70. The lowest BCUT2D eigenvalue weighted by atomic mass is 10.2. The number of aryl methyl sites for hydroxylation is 2. The lowest BCUT2D eigenvalue weighted by Gasteiger charge is -2.08. The van der Waals surface area contributed by atoms with Crippen LogP contribution in [0, 0.1) is 13.8 Å². The number of hydrogen-bond donors (Lipinski definition) is 2. The minimum Gasteiger partial charge on any atom is -0.496 e. The Balaban J connectivity index is 2.22. The molecule has 0 spiro atoms. The second-order valence-corrected chi connectivity index (χ2v) is 4.97. The van der Waals surface area contributed by atoms with Crippen molar-refractivity contribution in [2.24, 2.45) is 0 Å². The summed E-state index contributed by atoms with van der Waals surface area (Å²) in [6.45, 7) is 3.61. The Morgan fingerprint density at radius 2 is 2.16 bits per heavy atom. The molecule has 0 aliphatic rings. The Hall–Kier alpha value is -1.82. The zero-order valence-corrected chi connectivity index (χ0v) is 12.5. The van der Waals surface area contributed by atoms with Gasteiger partial charge in [0.15, 0.2) is 0 Å². The van der Waals surface area contributed by atoms with Crippen LogP contribution < -0.4 is 10.1 Å². The smallest absolute Gasteiger partial charge is 0.259 e. The SMILES string of the molecule is COc1ccc(NC(=O)c2c(C)n[nH]c2C)cc1Br. The van der Waals surface area contributed by atoms with Crippen molar-refractivity contribution in [2.75, 3.05) is 12.4 Å². The van der Waals surface area contributed by atoms with Gasteiger partial charge in [-0.05, 0) is 48.0 Å². The van der Waals surface area contributed by atoms with Crippen molar-refractivity contribution in [3.05, 3.63) is 39.6 Å². The van der Waals surface area contributed by atoms with Gasteiger partial charge < -0.3 is 10.1 Å². The van der Waals surface area contributed by atoms with Gasteiger partial charge in [0, 0.05) is 11.4 Å². The monoisotopic (exact) mass is 323 g/mol. The lowest BCUT2D eigenvalue weighted by Crippen LogP contribution is -2.13. The Kier molecular flexibility index (Phi) is 3.90. The second-order valence-electron chi connectivity index (χ2n) is 4.11. The third-order valence-corrected chi connectivity index (χ3v) is 3.38. The molecule has 2 N–H and O–H groups in total. The molecule has 1 aromatic heterocycles. The van der Waals surface area contributed by atoms with Crippen LogP contribution in [0.25, 0.3) is 0 Å². The van der Waals surface area contributed by atoms with E-state index in [1.54, 1.807) is 32.2 Å². The van der Waals surface area contributed by atoms with E-state index in [0.29, 0.717) is 22.7 Å². The van der Waals surface area contributed by atoms with E-state index in [0.717, 1.165) is 10.2 Å². The molecule has 0 unspecified atom stereocenters. The fourth-order valence-electron chi connectivity index (χ4n) is 1.82. The first kappa shape index (κ1) is 13.6. The van der Waals surface area contributed by atoms with Gasteiger partial charge in [-0.3, -0.25) is 9.89 Å². The number of aromatic nitrogens is 2. The van der Waals surface area contributed by atoms with E-state index in [-0.39, 0.29) is 5.91 Å². The predicted octanol–water partition coefficient (Wildman–Crippen LogP) is 3.05. The van der Waals surface area contributed by atoms with Gasteiger partial charge in [-0.1, -0.05) is 0 Å². The van der Waals surface area contributed by atoms with Gasteiger partial charge in [0.1, 0.15) is 5.75 Å². The molecule has 0 aliphatic heterocycles. The maximum atomic E-state index is 12.2. The van der Waals surface area contributed by atoms with Gasteiger partial charge in [0.05, 0.1) is 22.8 Å². The number of ether oxygens (including phenoxy) is 1. The summed E-state index contributed by atoms with van der Waals surface area (Å²) < 4.78 is 5.93. The van der Waals surface area contributed by atoms with Gasteiger partial charge >= 0.3 is 0 Å². The Morgan fingerprint density at radius 3 is 2.68 bits per heavy atom. The Bertz CT molecular complexity index is 603. The van der Waals surface area contributed by atoms with Crippen molar-refractivity contribution in [1.29, 1.82) is 0 Å². The molecule has 0 saturated heterocycles. The number of carbonyl (C=O) groups is 1. The van der Waals surface area contributed by atoms with Crippen molar-refractivity contribution in [3.63, 3.8) is 0 Å². The highest BCUT2D eigenvalue weighted by molar-refractivity contribution is 9.10. The van der Waals surface area contributed by atoms with Crippen LogP contribution >= 0.6 is 15.9 Å². The van der Waals surface area contributed by atoms with Crippen LogP contribution in [0.5, 0.6) is 5.75 Å². The maximum Gasteiger partial charge on any atom is 0.259 e. The molecule has 0 atom stereocenters. The Morgan fingerprint density at radius 1 is 1.42 bits per heavy atom. The number of H-pyrrole nitrogens is 1. The molecule has 5 nitrogen and oxygen atoms in total. The fraction of sp³-hybridized carbons (Fsp3) is 0.231. The summed E-state index contributed by atoms with van der Waals surface area (Å²) in [5, 5.41) is 9.64. The third kappa shape index (κ3) is 2.78. The van der Waals surface area contributed by atoms with Crippen molar-refractivity contribution < 1.29 is 9.53 Å². The molecule has 1 amide bonds. The first-order chi connectivity index (χ1) is 9.02. The van der Waals surface area contributed by atoms with Crippen LogP contribution in [0.4, 0.5) is 5.69 Å². The molecule has 0 saturated carbocycles. The van der Waals surface area contributed by atoms with E-state index in [1.807, 2.05) is 6.92 Å². The van der Waals surface area contributed by atoms with E-state index in [9.17, 15) is 4.79 Å². The standard InChI is InChI=1S/C13H14BrN3O2/c1-7-12(8(2)17-16-7)13(18)15-9-4-5-11(19-3)10(14)6-9/h4-6H,1-3H3,(H,15,18)(H,16,17). The van der Waals surface area contributed by atoms with Crippen LogP contribution in [-0.2, 0) is 0 Å². The molecular weight excluding hydrogens is 310 g/mol. The number of hydrogen-bond acceptors (Lipinski definition) is 3. The summed E-state index contributed by atoms with van der Waals surface area (Å²) in [6, 6.07) is 5.36. The van der Waals surface area contributed by atoms with Gasteiger partial charge in [0.2, 0.25) is 0 Å². The molecule has 6 heteroatoms. The average Bonchev–Trinajstić information content (AvgIpc) is 2.69. The van der Waals surface area contributed by atoms with Crippen LogP contribution in [0.3, 0.4) is 0 Å². The first-order valence-corrected chi connectivity index (χ1v) is 6.48. The summed E-state index contributed by atoms with van der Waals surface area (Å²) >= 11 is 3.38. The quantitative estimate of drug-likeness (QED) is 0.912. The number of methoxy groups -OCH3 is 1. The summed E-state index contributed by atoms with van der Waals surface area (Å²) in [4.78, 5) is 12.2. The number of aromatic amines is 1. The number of benzene rings is 1. The van der Waals surface area contributed by atoms with Gasteiger partial charge in [0.25, 0.3) is 5.91 Å². The molecule has 19 heavy (non-hydrogen) atoms. The lowest BCUT2D eigenvalue weighted by molar-refractivity contribution is 0.102. The van der Waals surface area contributed by atoms with Crippen LogP contribution in [0.15, 0.2) is 22.7 Å². The van der Waals surface area contributed by atoms with Gasteiger partial charge in [-0.2, -0.15) is 5.10 Å². The van der Waals surface area contributed by atoms with Crippen LogP contribution in [-0.4, -0.2) is 23.2 Å². The summed E-state index contributed by atoms with van der Waals surface area (Å²) in [7, 11) is 1.59. The van der Waals surface area contributed by atoms with E-state index in [2.05, 4.69) is 31.4 Å². The highest BCUT2D eigenvalue weighted by atomic mass is 79.9. The highest BCUT2D eigenvalue weighted by Crippen LogP contribution is 2.28. The van der Waals surface area contributed by atoms with E-state index in [4.69, 9.17) is 4.74 Å². The predicted molar refractivity (Wildman–Crippen MR) is 76.7 cm³/mol. The van der Waals surface area contributed by atoms with Crippen LogP contribution in [0.2, 0.25) is 0 Å². The zero-order valence-electron chi connectivity index (χ0n) is 10.9. The van der Waals surface area contributed by atoms with Crippen molar-refractivity contribution in [2.45, 2.75) is 13.8 Å². The molecule has 0 fully saturated rings. The number of halogens is 1. The molecule has 100 valence electrons. The minimum atomic E-state index is -0.180. The fourth-order valence-corrected chi connectivity index (χ4v) is 2.36. The molecule has 0 bridgehead atoms. The molecular formula is C13H14BrN3O2. The molecule has 2 rings (SSSR count). The van der Waals surface area contributed by atoms with Gasteiger partial charge in [-0.15, -0.1) is 0 Å². The topological polar surface area (TPSA) is 67.0 Å². The van der Waals surface area contributed by atoms with Crippen molar-refractivity contribution in [3.8, 4) is 5.75 Å². The molecule has 0 aliphatic carbocycles. The van der Waals surface area contributed by atoms with E-state index < -0.39 is 0 Å². The number of anilines is 1. The molecule has 0 radical (unpaired) electrons. The normalized spacial score (nSPS) is 10.3. The Labute approximate surface area is 119 Å². The van der Waals surface area contributed by atoms with Crippen LogP contribution in [0.1, 0.15) is 21.7 Å². The summed E-state index contributed by atoms with van der Waals surface area (Å²) in [6.07, 6.45) is 0. The third-order valence-electron chi connectivity index (χ3n) is 2.76. The summed E-state index contributed by atoms with van der Waals surface area (Å²) in [5.74, 6) is 0.537. The molecule has 2 aromatic rings. The number of carbonyl (C=O) groups excluding carboxylic acids is 1. The number of rotatable bonds is 3. The largest absolute Gasteiger partial charge is 0.496 e. The second kappa shape index (κ2) is 5.44. The maximum absolute atomic E-state index is 12.2. The number of amides is 1. The van der Waals surface area contributed by atoms with Crippen molar-refractivity contribution in [1.82, 2.24) is 10.2 Å². The number of nitrogens with zero attached hydrogens (tertiary/aromatic N) is 1. The van der Waals surface area contributed by atoms with E-state index >= 15 is 0 Å². The van der Waals surface area contributed by atoms with Crippen molar-refractivity contribution >= 4 is 27.5 Å². The number of nitrogens with one attached hydrogen (secondary N) is 2. The first-order valence-electron chi connectivity index (χ1n) is 5.69. The molecule has 1 heterocycles. The molecule has 1 aromatic carbocycles. The average molecular weight is 324 g/mol. The zero-order chi connectivity index (χ0) is 14.0. The minimum absolute atomic E-state index is 0.180. The van der Waals surface area contributed by atoms with E-state index in [1.165, 1.54) is 0 Å².